The van der Waals surface area contributed by atoms with E-state index in [1.807, 2.05) is 19.1 Å². The third-order valence-corrected chi connectivity index (χ3v) is 2.06. The number of oxazole rings is 1. The lowest BCUT2D eigenvalue weighted by molar-refractivity contribution is 0.548. The van der Waals surface area contributed by atoms with Crippen molar-refractivity contribution in [3.05, 3.63) is 34.3 Å². The molecular formula is C8H6ClNO2. The van der Waals surface area contributed by atoms with E-state index in [9.17, 15) is 4.79 Å². The molecule has 0 unspecified atom stereocenters. The number of para-hydroxylation sites is 1. The molecule has 0 amide bonds. The predicted octanol–water partition coefficient (Wildman–Crippen LogP) is 1.90. The lowest BCUT2D eigenvalue weighted by Crippen LogP contribution is -2.03. The summed E-state index contributed by atoms with van der Waals surface area (Å²) in [5, 5.41) is 0. The molecule has 0 spiro atoms. The molecule has 0 saturated carbocycles. The Morgan fingerprint density at radius 2 is 2.25 bits per heavy atom. The van der Waals surface area contributed by atoms with Crippen molar-refractivity contribution in [2.45, 2.75) is 6.92 Å². The van der Waals surface area contributed by atoms with Gasteiger partial charge < -0.3 is 4.42 Å². The van der Waals surface area contributed by atoms with Crippen LogP contribution in [0.4, 0.5) is 0 Å². The summed E-state index contributed by atoms with van der Waals surface area (Å²) in [6.07, 6.45) is 0. The standard InChI is InChI=1S/C8H6ClNO2/c1-5-3-2-4-6-7(5)10(9)8(11)12-6/h2-4H,1H3. The molecule has 3 nitrogen and oxygen atoms in total. The van der Waals surface area contributed by atoms with Crippen molar-refractivity contribution in [3.8, 4) is 0 Å². The van der Waals surface area contributed by atoms with Crippen LogP contribution in [0.15, 0.2) is 27.4 Å². The highest BCUT2D eigenvalue weighted by atomic mass is 35.5. The van der Waals surface area contributed by atoms with Gasteiger partial charge in [0.15, 0.2) is 5.58 Å². The number of halogens is 1. The van der Waals surface area contributed by atoms with Crippen LogP contribution in [0.5, 0.6) is 0 Å². The second-order valence-corrected chi connectivity index (χ2v) is 2.91. The number of aromatic nitrogens is 1. The minimum absolute atomic E-state index is 0.523. The average molecular weight is 184 g/mol. The number of hydrogen-bond acceptors (Lipinski definition) is 2. The molecule has 1 aromatic carbocycles. The fraction of sp³-hybridized carbons (Fsp3) is 0.125. The van der Waals surface area contributed by atoms with E-state index in [4.69, 9.17) is 16.2 Å². The SMILES string of the molecule is Cc1cccc2oc(=O)n(Cl)c12. The third kappa shape index (κ3) is 0.865. The van der Waals surface area contributed by atoms with Crippen molar-refractivity contribution >= 4 is 22.9 Å². The van der Waals surface area contributed by atoms with E-state index in [-0.39, 0.29) is 0 Å². The van der Waals surface area contributed by atoms with Crippen LogP contribution in [0.3, 0.4) is 0 Å². The zero-order chi connectivity index (χ0) is 8.72. The molecule has 0 aliphatic rings. The molecule has 0 aliphatic carbocycles. The smallest absolute Gasteiger partial charge is 0.407 e. The lowest BCUT2D eigenvalue weighted by Gasteiger charge is -1.92. The van der Waals surface area contributed by atoms with Crippen molar-refractivity contribution in [1.29, 1.82) is 0 Å². The fourth-order valence-electron chi connectivity index (χ4n) is 1.19. The molecule has 1 heterocycles. The van der Waals surface area contributed by atoms with E-state index in [1.165, 1.54) is 0 Å². The van der Waals surface area contributed by atoms with Gasteiger partial charge in [0, 0.05) is 11.8 Å². The minimum atomic E-state index is -0.541. The molecule has 0 N–H and O–H groups in total. The van der Waals surface area contributed by atoms with Crippen molar-refractivity contribution in [2.24, 2.45) is 0 Å². The van der Waals surface area contributed by atoms with E-state index in [2.05, 4.69) is 0 Å². The predicted molar refractivity (Wildman–Crippen MR) is 46.5 cm³/mol. The molecule has 12 heavy (non-hydrogen) atoms. The Balaban J connectivity index is 3.07. The van der Waals surface area contributed by atoms with Crippen molar-refractivity contribution in [1.82, 2.24) is 4.09 Å². The average Bonchev–Trinajstić information content (AvgIpc) is 2.29. The number of rotatable bonds is 0. The summed E-state index contributed by atoms with van der Waals surface area (Å²) in [6.45, 7) is 1.87. The summed E-state index contributed by atoms with van der Waals surface area (Å²) in [5.41, 5.74) is 2.09. The van der Waals surface area contributed by atoms with Crippen LogP contribution >= 0.6 is 11.8 Å². The lowest BCUT2D eigenvalue weighted by atomic mass is 10.2. The van der Waals surface area contributed by atoms with Gasteiger partial charge in [-0.25, -0.2) is 4.79 Å². The molecule has 4 heteroatoms. The summed E-state index contributed by atoms with van der Waals surface area (Å²) in [5.74, 6) is -0.541. The van der Waals surface area contributed by atoms with E-state index in [1.54, 1.807) is 6.07 Å². The highest BCUT2D eigenvalue weighted by molar-refractivity contribution is 6.18. The van der Waals surface area contributed by atoms with Crippen LogP contribution in [-0.2, 0) is 0 Å². The van der Waals surface area contributed by atoms with Gasteiger partial charge in [-0.15, -0.1) is 0 Å². The van der Waals surface area contributed by atoms with Crippen LogP contribution in [-0.4, -0.2) is 4.09 Å². The first-order chi connectivity index (χ1) is 5.70. The Bertz CT molecular complexity index is 483. The molecule has 2 aromatic rings. The fourth-order valence-corrected chi connectivity index (χ4v) is 1.44. The largest absolute Gasteiger partial charge is 0.434 e. The molecule has 1 aromatic heterocycles. The first-order valence-corrected chi connectivity index (χ1v) is 3.81. The summed E-state index contributed by atoms with van der Waals surface area (Å²) in [4.78, 5) is 11.0. The molecular weight excluding hydrogens is 178 g/mol. The zero-order valence-corrected chi connectivity index (χ0v) is 7.13. The van der Waals surface area contributed by atoms with Crippen LogP contribution in [0, 0.1) is 6.92 Å². The molecule has 0 saturated heterocycles. The molecule has 2 rings (SSSR count). The normalized spacial score (nSPS) is 10.8. The van der Waals surface area contributed by atoms with Gasteiger partial charge in [0.05, 0.1) is 0 Å². The van der Waals surface area contributed by atoms with Crippen LogP contribution in [0.25, 0.3) is 11.1 Å². The molecule has 0 radical (unpaired) electrons. The van der Waals surface area contributed by atoms with E-state index in [0.717, 1.165) is 9.65 Å². The maximum Gasteiger partial charge on any atom is 0.434 e. The maximum absolute atomic E-state index is 11.0. The van der Waals surface area contributed by atoms with Gasteiger partial charge in [-0.3, -0.25) is 0 Å². The zero-order valence-electron chi connectivity index (χ0n) is 6.37. The van der Waals surface area contributed by atoms with Crippen LogP contribution < -0.4 is 5.76 Å². The summed E-state index contributed by atoms with van der Waals surface area (Å²) in [7, 11) is 0. The number of hydrogen-bond donors (Lipinski definition) is 0. The highest BCUT2D eigenvalue weighted by Gasteiger charge is 2.08. The Morgan fingerprint density at radius 1 is 1.50 bits per heavy atom. The first-order valence-electron chi connectivity index (χ1n) is 3.47. The van der Waals surface area contributed by atoms with Gasteiger partial charge in [-0.1, -0.05) is 12.1 Å². The maximum atomic E-state index is 11.0. The number of aryl methyl sites for hydroxylation is 1. The first kappa shape index (κ1) is 7.43. The number of fused-ring (bicyclic) bond motifs is 1. The monoisotopic (exact) mass is 183 g/mol. The van der Waals surface area contributed by atoms with E-state index < -0.39 is 5.76 Å². The minimum Gasteiger partial charge on any atom is -0.407 e. The van der Waals surface area contributed by atoms with Gasteiger partial charge in [-0.05, 0) is 18.6 Å². The van der Waals surface area contributed by atoms with E-state index in [0.29, 0.717) is 11.1 Å². The molecule has 62 valence electrons. The molecule has 0 bridgehead atoms. The van der Waals surface area contributed by atoms with Gasteiger partial charge in [0.1, 0.15) is 5.52 Å². The van der Waals surface area contributed by atoms with Gasteiger partial charge in [0.2, 0.25) is 0 Å². The second-order valence-electron chi connectivity index (χ2n) is 2.57. The topological polar surface area (TPSA) is 35.1 Å². The van der Waals surface area contributed by atoms with Gasteiger partial charge >= 0.3 is 5.76 Å². The highest BCUT2D eigenvalue weighted by Crippen LogP contribution is 2.17. The van der Waals surface area contributed by atoms with Gasteiger partial charge in [0.25, 0.3) is 0 Å². The van der Waals surface area contributed by atoms with E-state index >= 15 is 0 Å². The van der Waals surface area contributed by atoms with Crippen molar-refractivity contribution < 1.29 is 4.42 Å². The van der Waals surface area contributed by atoms with Crippen LogP contribution in [0.2, 0.25) is 0 Å². The number of benzene rings is 1. The quantitative estimate of drug-likeness (QED) is 0.626. The number of nitrogens with zero attached hydrogens (tertiary/aromatic N) is 1. The molecule has 0 aliphatic heterocycles. The van der Waals surface area contributed by atoms with Gasteiger partial charge in [-0.2, -0.15) is 4.09 Å². The Kier molecular flexibility index (Phi) is 1.48. The van der Waals surface area contributed by atoms with Crippen LogP contribution in [0.1, 0.15) is 5.56 Å². The van der Waals surface area contributed by atoms with Crippen molar-refractivity contribution in [2.75, 3.05) is 0 Å². The summed E-state index contributed by atoms with van der Waals surface area (Å²) >= 11 is 5.66. The Hall–Kier alpha value is -1.22. The third-order valence-electron chi connectivity index (χ3n) is 1.75. The molecule has 0 atom stereocenters. The summed E-state index contributed by atoms with van der Waals surface area (Å²) in [6, 6.07) is 5.40. The Morgan fingerprint density at radius 3 is 2.92 bits per heavy atom. The second kappa shape index (κ2) is 2.38. The Labute approximate surface area is 73.3 Å². The molecule has 0 fully saturated rings. The van der Waals surface area contributed by atoms with Crippen molar-refractivity contribution in [3.63, 3.8) is 0 Å². The summed E-state index contributed by atoms with van der Waals surface area (Å²) < 4.78 is 5.85.